The lowest BCUT2D eigenvalue weighted by Gasteiger charge is -2.34. The summed E-state index contributed by atoms with van der Waals surface area (Å²) in [5.74, 6) is 0.662. The highest BCUT2D eigenvalue weighted by molar-refractivity contribution is 5.75. The minimum absolute atomic E-state index is 0.0558. The van der Waals surface area contributed by atoms with Crippen molar-refractivity contribution in [2.75, 3.05) is 40.3 Å². The molecule has 0 amide bonds. The first kappa shape index (κ1) is 16.4. The Kier molecular flexibility index (Phi) is 7.39. The van der Waals surface area contributed by atoms with E-state index in [0.717, 1.165) is 25.3 Å². The van der Waals surface area contributed by atoms with Gasteiger partial charge in [0.1, 0.15) is 6.04 Å². The van der Waals surface area contributed by atoms with Crippen LogP contribution in [0.3, 0.4) is 0 Å². The van der Waals surface area contributed by atoms with Gasteiger partial charge in [-0.05, 0) is 59.3 Å². The Hall–Kier alpha value is -0.610. The smallest absolute Gasteiger partial charge is 0.323 e. The highest BCUT2D eigenvalue weighted by Gasteiger charge is 2.26. The molecule has 4 heteroatoms. The molecule has 1 heterocycles. The molecule has 0 aromatic carbocycles. The Morgan fingerprint density at radius 3 is 2.53 bits per heavy atom. The average Bonchev–Trinajstić information content (AvgIpc) is 2.38. The molecule has 1 atom stereocenters. The lowest BCUT2D eigenvalue weighted by molar-refractivity contribution is -0.149. The van der Waals surface area contributed by atoms with Crippen LogP contribution in [0, 0.1) is 5.92 Å². The van der Waals surface area contributed by atoms with Crippen molar-refractivity contribution in [3.05, 3.63) is 0 Å². The number of likely N-dealkylation sites (N-methyl/N-ethyl adjacent to an activating group) is 1. The third-order valence-corrected chi connectivity index (χ3v) is 4.04. The Morgan fingerprint density at radius 1 is 1.37 bits per heavy atom. The Labute approximate surface area is 118 Å². The van der Waals surface area contributed by atoms with E-state index in [-0.39, 0.29) is 12.0 Å². The van der Waals surface area contributed by atoms with Crippen molar-refractivity contribution in [1.82, 2.24) is 9.80 Å². The summed E-state index contributed by atoms with van der Waals surface area (Å²) in [6.07, 6.45) is 4.38. The van der Waals surface area contributed by atoms with E-state index in [1.807, 2.05) is 6.92 Å². The summed E-state index contributed by atoms with van der Waals surface area (Å²) in [5.41, 5.74) is 0. The van der Waals surface area contributed by atoms with Crippen LogP contribution in [0.2, 0.25) is 0 Å². The fraction of sp³-hybridized carbons (Fsp3) is 0.933. The zero-order valence-corrected chi connectivity index (χ0v) is 13.0. The number of hydrogen-bond donors (Lipinski definition) is 0. The molecule has 112 valence electrons. The average molecular weight is 270 g/mol. The fourth-order valence-corrected chi connectivity index (χ4v) is 2.81. The predicted molar refractivity (Wildman–Crippen MR) is 78.2 cm³/mol. The van der Waals surface area contributed by atoms with Gasteiger partial charge in [-0.25, -0.2) is 0 Å². The molecule has 1 aliphatic heterocycles. The SMILES string of the molecule is CCCC(C(=O)OCC)N(C)CC1CCN(C)CC1. The minimum Gasteiger partial charge on any atom is -0.465 e. The van der Waals surface area contributed by atoms with Gasteiger partial charge in [-0.3, -0.25) is 9.69 Å². The number of carbonyl (C=O) groups excluding carboxylic acids is 1. The van der Waals surface area contributed by atoms with E-state index >= 15 is 0 Å². The highest BCUT2D eigenvalue weighted by Crippen LogP contribution is 2.19. The molecule has 1 fully saturated rings. The molecule has 1 saturated heterocycles. The number of likely N-dealkylation sites (tertiary alicyclic amines) is 1. The van der Waals surface area contributed by atoms with E-state index in [9.17, 15) is 4.79 Å². The molecule has 1 aliphatic rings. The van der Waals surface area contributed by atoms with Crippen LogP contribution in [0.25, 0.3) is 0 Å². The van der Waals surface area contributed by atoms with Gasteiger partial charge in [-0.2, -0.15) is 0 Å². The molecule has 0 spiro atoms. The maximum absolute atomic E-state index is 12.0. The van der Waals surface area contributed by atoms with Crippen LogP contribution in [0.15, 0.2) is 0 Å². The quantitative estimate of drug-likeness (QED) is 0.662. The molecule has 0 radical (unpaired) electrons. The first-order chi connectivity index (χ1) is 9.08. The number of rotatable bonds is 7. The molecule has 0 saturated carbocycles. The Bertz CT molecular complexity index is 263. The standard InChI is InChI=1S/C15H30N2O2/c1-5-7-14(15(18)19-6-2)17(4)12-13-8-10-16(3)11-9-13/h13-14H,5-12H2,1-4H3. The summed E-state index contributed by atoms with van der Waals surface area (Å²) >= 11 is 0. The van der Waals surface area contributed by atoms with Gasteiger partial charge < -0.3 is 9.64 Å². The van der Waals surface area contributed by atoms with Gasteiger partial charge in [-0.15, -0.1) is 0 Å². The molecule has 0 aliphatic carbocycles. The summed E-state index contributed by atoms with van der Waals surface area (Å²) in [4.78, 5) is 16.6. The van der Waals surface area contributed by atoms with Crippen molar-refractivity contribution < 1.29 is 9.53 Å². The summed E-state index contributed by atoms with van der Waals surface area (Å²) in [7, 11) is 4.24. The van der Waals surface area contributed by atoms with Crippen molar-refractivity contribution in [3.63, 3.8) is 0 Å². The van der Waals surface area contributed by atoms with E-state index in [0.29, 0.717) is 6.61 Å². The third kappa shape index (κ3) is 5.49. The third-order valence-electron chi connectivity index (χ3n) is 4.04. The highest BCUT2D eigenvalue weighted by atomic mass is 16.5. The van der Waals surface area contributed by atoms with Crippen molar-refractivity contribution >= 4 is 5.97 Å². The summed E-state index contributed by atoms with van der Waals surface area (Å²) in [6.45, 7) is 7.83. The minimum atomic E-state index is -0.0652. The molecule has 1 unspecified atom stereocenters. The molecule has 19 heavy (non-hydrogen) atoms. The second kappa shape index (κ2) is 8.54. The van der Waals surface area contributed by atoms with Crippen molar-refractivity contribution in [2.45, 2.75) is 45.6 Å². The van der Waals surface area contributed by atoms with Crippen LogP contribution < -0.4 is 0 Å². The number of piperidine rings is 1. The number of esters is 1. The van der Waals surface area contributed by atoms with Gasteiger partial charge in [0.15, 0.2) is 0 Å². The van der Waals surface area contributed by atoms with Crippen LogP contribution in [0.1, 0.15) is 39.5 Å². The van der Waals surface area contributed by atoms with Gasteiger partial charge in [0, 0.05) is 6.54 Å². The molecule has 0 N–H and O–H groups in total. The van der Waals surface area contributed by atoms with E-state index < -0.39 is 0 Å². The summed E-state index contributed by atoms with van der Waals surface area (Å²) < 4.78 is 5.20. The largest absolute Gasteiger partial charge is 0.465 e. The van der Waals surface area contributed by atoms with Gasteiger partial charge in [0.2, 0.25) is 0 Å². The zero-order valence-electron chi connectivity index (χ0n) is 13.0. The molecular weight excluding hydrogens is 240 g/mol. The number of ether oxygens (including phenoxy) is 1. The Morgan fingerprint density at radius 2 is 2.00 bits per heavy atom. The molecule has 0 aromatic heterocycles. The van der Waals surface area contributed by atoms with Crippen LogP contribution in [-0.2, 0) is 9.53 Å². The molecule has 1 rings (SSSR count). The van der Waals surface area contributed by atoms with E-state index in [2.05, 4.69) is 30.8 Å². The first-order valence-corrected chi connectivity index (χ1v) is 7.63. The van der Waals surface area contributed by atoms with Gasteiger partial charge in [0.05, 0.1) is 6.61 Å². The summed E-state index contributed by atoms with van der Waals surface area (Å²) in [6, 6.07) is -0.0652. The lowest BCUT2D eigenvalue weighted by atomic mass is 9.96. The van der Waals surface area contributed by atoms with E-state index in [4.69, 9.17) is 4.74 Å². The predicted octanol–water partition coefficient (Wildman–Crippen LogP) is 1.99. The normalized spacial score (nSPS) is 19.6. The lowest BCUT2D eigenvalue weighted by Crippen LogP contribution is -2.44. The first-order valence-electron chi connectivity index (χ1n) is 7.63. The number of nitrogens with zero attached hydrogens (tertiary/aromatic N) is 2. The van der Waals surface area contributed by atoms with Gasteiger partial charge in [-0.1, -0.05) is 13.3 Å². The maximum atomic E-state index is 12.0. The second-order valence-electron chi connectivity index (χ2n) is 5.74. The summed E-state index contributed by atoms with van der Waals surface area (Å²) in [5, 5.41) is 0. The fourth-order valence-electron chi connectivity index (χ4n) is 2.81. The number of hydrogen-bond acceptors (Lipinski definition) is 4. The molecule has 0 aromatic rings. The van der Waals surface area contributed by atoms with E-state index in [1.165, 1.54) is 25.9 Å². The van der Waals surface area contributed by atoms with E-state index in [1.54, 1.807) is 0 Å². The van der Waals surface area contributed by atoms with Crippen LogP contribution in [0.4, 0.5) is 0 Å². The van der Waals surface area contributed by atoms with Crippen molar-refractivity contribution in [3.8, 4) is 0 Å². The van der Waals surface area contributed by atoms with Crippen LogP contribution >= 0.6 is 0 Å². The van der Waals surface area contributed by atoms with Crippen molar-refractivity contribution in [2.24, 2.45) is 5.92 Å². The van der Waals surface area contributed by atoms with Gasteiger partial charge in [0.25, 0.3) is 0 Å². The van der Waals surface area contributed by atoms with Crippen LogP contribution in [0.5, 0.6) is 0 Å². The zero-order chi connectivity index (χ0) is 14.3. The maximum Gasteiger partial charge on any atom is 0.323 e. The van der Waals surface area contributed by atoms with Gasteiger partial charge >= 0.3 is 5.97 Å². The van der Waals surface area contributed by atoms with Crippen LogP contribution in [-0.4, -0.2) is 62.1 Å². The second-order valence-corrected chi connectivity index (χ2v) is 5.74. The molecular formula is C15H30N2O2. The topological polar surface area (TPSA) is 32.8 Å². The number of carbonyl (C=O) groups is 1. The van der Waals surface area contributed by atoms with Crippen molar-refractivity contribution in [1.29, 1.82) is 0 Å². The Balaban J connectivity index is 2.46. The molecule has 0 bridgehead atoms. The monoisotopic (exact) mass is 270 g/mol. The molecule has 4 nitrogen and oxygen atoms in total.